The summed E-state index contributed by atoms with van der Waals surface area (Å²) in [6, 6.07) is 10.5. The Balaban J connectivity index is 2.26. The molecule has 0 aliphatic heterocycles. The Kier molecular flexibility index (Phi) is 2.82. The first-order valence-electron chi connectivity index (χ1n) is 5.24. The van der Waals surface area contributed by atoms with Crippen LogP contribution in [0.1, 0.15) is 18.9 Å². The molecule has 0 aliphatic rings. The van der Waals surface area contributed by atoms with Crippen LogP contribution in [0.15, 0.2) is 48.7 Å². The van der Waals surface area contributed by atoms with Gasteiger partial charge in [-0.05, 0) is 43.5 Å². The van der Waals surface area contributed by atoms with Gasteiger partial charge in [0.2, 0.25) is 0 Å². The minimum absolute atomic E-state index is 1.06. The summed E-state index contributed by atoms with van der Waals surface area (Å²) in [5.74, 6) is 0. The Morgan fingerprint density at radius 3 is 3.00 bits per heavy atom. The van der Waals surface area contributed by atoms with E-state index in [9.17, 15) is 0 Å². The van der Waals surface area contributed by atoms with E-state index in [0.717, 1.165) is 18.4 Å². The Bertz CT molecular complexity index is 485. The van der Waals surface area contributed by atoms with Gasteiger partial charge in [-0.25, -0.2) is 0 Å². The first-order chi connectivity index (χ1) is 7.25. The summed E-state index contributed by atoms with van der Waals surface area (Å²) in [6.07, 6.45) is 3.96. The van der Waals surface area contributed by atoms with Crippen LogP contribution < -0.4 is 0 Å². The van der Waals surface area contributed by atoms with Crippen molar-refractivity contribution in [3.05, 3.63) is 54.2 Å². The second-order valence-corrected chi connectivity index (χ2v) is 3.99. The molecule has 0 saturated heterocycles. The fourth-order valence-electron chi connectivity index (χ4n) is 1.64. The van der Waals surface area contributed by atoms with E-state index in [2.05, 4.69) is 42.8 Å². The summed E-state index contributed by atoms with van der Waals surface area (Å²) >= 11 is 0. The maximum absolute atomic E-state index is 4.30. The average Bonchev–Trinajstić information content (AvgIpc) is 2.26. The summed E-state index contributed by atoms with van der Waals surface area (Å²) in [5, 5.41) is 1.22. The molecule has 1 heterocycles. The number of rotatable bonds is 3. The lowest BCUT2D eigenvalue weighted by Crippen LogP contribution is -1.87. The zero-order valence-corrected chi connectivity index (χ0v) is 9.03. The molecule has 2 aromatic rings. The van der Waals surface area contributed by atoms with E-state index in [0.29, 0.717) is 0 Å². The summed E-state index contributed by atoms with van der Waals surface area (Å²) < 4.78 is 0. The van der Waals surface area contributed by atoms with Crippen LogP contribution in [0.5, 0.6) is 0 Å². The highest BCUT2D eigenvalue weighted by Crippen LogP contribution is 2.15. The van der Waals surface area contributed by atoms with Crippen LogP contribution in [0.25, 0.3) is 10.9 Å². The molecular formula is C14H15N. The van der Waals surface area contributed by atoms with Gasteiger partial charge < -0.3 is 0 Å². The predicted molar refractivity (Wildman–Crippen MR) is 64.9 cm³/mol. The lowest BCUT2D eigenvalue weighted by Gasteiger charge is -2.02. The van der Waals surface area contributed by atoms with Gasteiger partial charge in [-0.2, -0.15) is 0 Å². The molecule has 0 spiro atoms. The first-order valence-corrected chi connectivity index (χ1v) is 5.24. The quantitative estimate of drug-likeness (QED) is 0.683. The van der Waals surface area contributed by atoms with E-state index >= 15 is 0 Å². The number of hydrogen-bond acceptors (Lipinski definition) is 1. The standard InChI is InChI=1S/C14H15N/c1-11(2)5-6-12-7-8-14-13(10-12)4-3-9-15-14/h3-4,7-10H,1,5-6H2,2H3. The molecule has 76 valence electrons. The van der Waals surface area contributed by atoms with Crippen molar-refractivity contribution < 1.29 is 0 Å². The molecule has 0 radical (unpaired) electrons. The summed E-state index contributed by atoms with van der Waals surface area (Å²) in [7, 11) is 0. The van der Waals surface area contributed by atoms with E-state index < -0.39 is 0 Å². The molecule has 0 fully saturated rings. The van der Waals surface area contributed by atoms with Gasteiger partial charge in [0.1, 0.15) is 0 Å². The Morgan fingerprint density at radius 1 is 1.33 bits per heavy atom. The van der Waals surface area contributed by atoms with Crippen molar-refractivity contribution in [1.82, 2.24) is 4.98 Å². The molecule has 2 rings (SSSR count). The van der Waals surface area contributed by atoms with Gasteiger partial charge in [-0.1, -0.05) is 17.7 Å². The number of allylic oxidation sites excluding steroid dienone is 1. The molecule has 0 saturated carbocycles. The zero-order chi connectivity index (χ0) is 10.7. The minimum atomic E-state index is 1.06. The van der Waals surface area contributed by atoms with Gasteiger partial charge in [0.25, 0.3) is 0 Å². The van der Waals surface area contributed by atoms with Gasteiger partial charge in [0.15, 0.2) is 0 Å². The Morgan fingerprint density at radius 2 is 2.20 bits per heavy atom. The summed E-state index contributed by atoms with van der Waals surface area (Å²) in [6.45, 7) is 5.99. The number of aryl methyl sites for hydroxylation is 1. The second-order valence-electron chi connectivity index (χ2n) is 3.99. The second kappa shape index (κ2) is 4.26. The van der Waals surface area contributed by atoms with E-state index in [1.165, 1.54) is 16.5 Å². The molecule has 1 heteroatoms. The highest BCUT2D eigenvalue weighted by atomic mass is 14.6. The smallest absolute Gasteiger partial charge is 0.0702 e. The van der Waals surface area contributed by atoms with Crippen LogP contribution >= 0.6 is 0 Å². The normalized spacial score (nSPS) is 10.5. The number of hydrogen-bond donors (Lipinski definition) is 0. The molecule has 0 aliphatic carbocycles. The lowest BCUT2D eigenvalue weighted by atomic mass is 10.0. The largest absolute Gasteiger partial charge is 0.256 e. The molecule has 1 nitrogen and oxygen atoms in total. The summed E-state index contributed by atoms with van der Waals surface area (Å²) in [4.78, 5) is 4.30. The van der Waals surface area contributed by atoms with E-state index in [1.807, 2.05) is 12.3 Å². The van der Waals surface area contributed by atoms with Crippen molar-refractivity contribution >= 4 is 10.9 Å². The number of pyridine rings is 1. The maximum Gasteiger partial charge on any atom is 0.0702 e. The number of aromatic nitrogens is 1. The molecule has 15 heavy (non-hydrogen) atoms. The van der Waals surface area contributed by atoms with Crippen LogP contribution in [0.3, 0.4) is 0 Å². The van der Waals surface area contributed by atoms with Crippen LogP contribution in [0.2, 0.25) is 0 Å². The number of fused-ring (bicyclic) bond motifs is 1. The predicted octanol–water partition coefficient (Wildman–Crippen LogP) is 3.74. The third-order valence-electron chi connectivity index (χ3n) is 2.51. The van der Waals surface area contributed by atoms with Crippen molar-refractivity contribution in [2.24, 2.45) is 0 Å². The number of benzene rings is 1. The highest BCUT2D eigenvalue weighted by Gasteiger charge is 1.97. The van der Waals surface area contributed by atoms with Gasteiger partial charge in [-0.15, -0.1) is 6.58 Å². The zero-order valence-electron chi connectivity index (χ0n) is 9.03. The summed E-state index contributed by atoms with van der Waals surface area (Å²) in [5.41, 5.74) is 3.66. The number of nitrogens with zero attached hydrogens (tertiary/aromatic N) is 1. The van der Waals surface area contributed by atoms with E-state index in [1.54, 1.807) is 0 Å². The Labute approximate surface area is 90.5 Å². The molecule has 0 unspecified atom stereocenters. The Hall–Kier alpha value is -1.63. The van der Waals surface area contributed by atoms with Crippen LogP contribution in [0.4, 0.5) is 0 Å². The van der Waals surface area contributed by atoms with E-state index in [4.69, 9.17) is 0 Å². The fraction of sp³-hybridized carbons (Fsp3) is 0.214. The maximum atomic E-state index is 4.30. The molecule has 0 atom stereocenters. The van der Waals surface area contributed by atoms with Gasteiger partial charge >= 0.3 is 0 Å². The molecular weight excluding hydrogens is 182 g/mol. The van der Waals surface area contributed by atoms with E-state index in [-0.39, 0.29) is 0 Å². The average molecular weight is 197 g/mol. The molecule has 0 N–H and O–H groups in total. The molecule has 1 aromatic heterocycles. The van der Waals surface area contributed by atoms with Crippen LogP contribution in [-0.4, -0.2) is 4.98 Å². The third kappa shape index (κ3) is 2.44. The monoisotopic (exact) mass is 197 g/mol. The van der Waals surface area contributed by atoms with Crippen LogP contribution in [0, 0.1) is 0 Å². The van der Waals surface area contributed by atoms with Gasteiger partial charge in [0, 0.05) is 11.6 Å². The van der Waals surface area contributed by atoms with Gasteiger partial charge in [0.05, 0.1) is 5.52 Å². The topological polar surface area (TPSA) is 12.9 Å². The molecule has 0 amide bonds. The first kappa shape index (κ1) is 9.91. The lowest BCUT2D eigenvalue weighted by molar-refractivity contribution is 0.947. The van der Waals surface area contributed by atoms with Crippen molar-refractivity contribution in [2.45, 2.75) is 19.8 Å². The highest BCUT2D eigenvalue weighted by molar-refractivity contribution is 5.78. The third-order valence-corrected chi connectivity index (χ3v) is 2.51. The van der Waals surface area contributed by atoms with Crippen molar-refractivity contribution in [2.75, 3.05) is 0 Å². The molecule has 0 bridgehead atoms. The minimum Gasteiger partial charge on any atom is -0.256 e. The fourth-order valence-corrected chi connectivity index (χ4v) is 1.64. The van der Waals surface area contributed by atoms with Crippen molar-refractivity contribution in [1.29, 1.82) is 0 Å². The SMILES string of the molecule is C=C(C)CCc1ccc2ncccc2c1. The van der Waals surface area contributed by atoms with Crippen molar-refractivity contribution in [3.8, 4) is 0 Å². The van der Waals surface area contributed by atoms with Crippen molar-refractivity contribution in [3.63, 3.8) is 0 Å². The molecule has 1 aromatic carbocycles. The van der Waals surface area contributed by atoms with Crippen LogP contribution in [-0.2, 0) is 6.42 Å². The van der Waals surface area contributed by atoms with Gasteiger partial charge in [-0.3, -0.25) is 4.98 Å².